The molecule has 36 heavy (non-hydrogen) atoms. The first-order valence-electron chi connectivity index (χ1n) is 12.5. The fourth-order valence-electron chi connectivity index (χ4n) is 3.77. The molecule has 3 amide bonds. The summed E-state index contributed by atoms with van der Waals surface area (Å²) in [5.74, 6) is -0.257. The van der Waals surface area contributed by atoms with Gasteiger partial charge in [0.05, 0.1) is 25.7 Å². The fraction of sp³-hybridized carbons (Fsp3) is 0.640. The van der Waals surface area contributed by atoms with E-state index in [-0.39, 0.29) is 19.1 Å². The molecule has 1 aliphatic heterocycles. The van der Waals surface area contributed by atoms with Crippen molar-refractivity contribution in [1.82, 2.24) is 15.5 Å². The molecular formula is C25H39N3O8. The zero-order chi connectivity index (χ0) is 26.3. The molecule has 0 unspecified atom stereocenters. The normalized spacial score (nSPS) is 13.6. The molecule has 2 atom stereocenters. The molecule has 1 aromatic rings. The van der Waals surface area contributed by atoms with Crippen LogP contribution < -0.4 is 20.1 Å². The van der Waals surface area contributed by atoms with Gasteiger partial charge >= 0.3 is 12.0 Å². The topological polar surface area (TPSA) is 136 Å². The third-order valence-corrected chi connectivity index (χ3v) is 5.66. The SMILES string of the molecule is CCCC[C@H](NC(=O)N[C@@H](CC(=O)O)c1ccc2c(c1)OCO2)C(=O)N(CCOCC)CCOCC. The van der Waals surface area contributed by atoms with E-state index in [1.54, 1.807) is 23.1 Å². The summed E-state index contributed by atoms with van der Waals surface area (Å²) in [5, 5.41) is 14.9. The van der Waals surface area contributed by atoms with E-state index in [9.17, 15) is 19.5 Å². The Bertz CT molecular complexity index is 841. The van der Waals surface area contributed by atoms with Gasteiger partial charge < -0.3 is 39.6 Å². The number of rotatable bonds is 17. The van der Waals surface area contributed by atoms with E-state index in [4.69, 9.17) is 18.9 Å². The number of ether oxygens (including phenoxy) is 4. The molecule has 1 aromatic carbocycles. The van der Waals surface area contributed by atoms with Gasteiger partial charge in [-0.25, -0.2) is 4.79 Å². The number of urea groups is 1. The summed E-state index contributed by atoms with van der Waals surface area (Å²) in [7, 11) is 0. The van der Waals surface area contributed by atoms with Crippen LogP contribution in [0, 0.1) is 0 Å². The third kappa shape index (κ3) is 9.54. The molecule has 2 rings (SSSR count). The maximum Gasteiger partial charge on any atom is 0.315 e. The van der Waals surface area contributed by atoms with Crippen LogP contribution in [0.3, 0.4) is 0 Å². The van der Waals surface area contributed by atoms with Gasteiger partial charge in [0.25, 0.3) is 0 Å². The Labute approximate surface area is 212 Å². The van der Waals surface area contributed by atoms with Crippen LogP contribution in [0.4, 0.5) is 4.79 Å². The lowest BCUT2D eigenvalue weighted by Gasteiger charge is -2.28. The number of carbonyl (C=O) groups excluding carboxylic acids is 2. The number of fused-ring (bicyclic) bond motifs is 1. The zero-order valence-corrected chi connectivity index (χ0v) is 21.4. The van der Waals surface area contributed by atoms with E-state index >= 15 is 0 Å². The second-order valence-corrected chi connectivity index (χ2v) is 8.29. The molecule has 1 heterocycles. The summed E-state index contributed by atoms with van der Waals surface area (Å²) < 4.78 is 21.5. The average molecular weight is 510 g/mol. The molecular weight excluding hydrogens is 470 g/mol. The van der Waals surface area contributed by atoms with E-state index in [1.165, 1.54) is 0 Å². The minimum absolute atomic E-state index is 0.0839. The predicted octanol–water partition coefficient (Wildman–Crippen LogP) is 2.69. The molecule has 0 saturated carbocycles. The van der Waals surface area contributed by atoms with Gasteiger partial charge in [0.15, 0.2) is 11.5 Å². The minimum Gasteiger partial charge on any atom is -0.481 e. The van der Waals surface area contributed by atoms with Gasteiger partial charge in [-0.1, -0.05) is 25.8 Å². The van der Waals surface area contributed by atoms with Crippen LogP contribution in [0.25, 0.3) is 0 Å². The number of hydrogen-bond donors (Lipinski definition) is 3. The molecule has 11 heteroatoms. The van der Waals surface area contributed by atoms with Crippen LogP contribution in [0.1, 0.15) is 58.1 Å². The second kappa shape index (κ2) is 15.8. The average Bonchev–Trinajstić information content (AvgIpc) is 3.32. The molecule has 1 aliphatic rings. The Kier molecular flexibility index (Phi) is 12.8. The molecule has 0 fully saturated rings. The molecule has 0 saturated heterocycles. The number of carboxylic acid groups (broad SMARTS) is 1. The highest BCUT2D eigenvalue weighted by Gasteiger charge is 2.27. The quantitative estimate of drug-likeness (QED) is 0.273. The van der Waals surface area contributed by atoms with Crippen molar-refractivity contribution < 1.29 is 38.4 Å². The minimum atomic E-state index is -1.07. The number of aliphatic carboxylic acids is 1. The van der Waals surface area contributed by atoms with Crippen LogP contribution in [-0.2, 0) is 19.1 Å². The highest BCUT2D eigenvalue weighted by atomic mass is 16.7. The Balaban J connectivity index is 2.12. The summed E-state index contributed by atoms with van der Waals surface area (Å²) in [6.45, 7) is 8.46. The van der Waals surface area contributed by atoms with Crippen LogP contribution in [0.5, 0.6) is 11.5 Å². The van der Waals surface area contributed by atoms with Gasteiger partial charge in [0.1, 0.15) is 6.04 Å². The maximum atomic E-state index is 13.4. The highest BCUT2D eigenvalue weighted by molar-refractivity contribution is 5.87. The third-order valence-electron chi connectivity index (χ3n) is 5.66. The van der Waals surface area contributed by atoms with Crippen LogP contribution >= 0.6 is 0 Å². The van der Waals surface area contributed by atoms with E-state index in [2.05, 4.69) is 10.6 Å². The van der Waals surface area contributed by atoms with Crippen molar-refractivity contribution in [2.24, 2.45) is 0 Å². The Morgan fingerprint density at radius 1 is 1.03 bits per heavy atom. The lowest BCUT2D eigenvalue weighted by molar-refractivity contribution is -0.137. The van der Waals surface area contributed by atoms with Gasteiger partial charge in [-0.15, -0.1) is 0 Å². The van der Waals surface area contributed by atoms with Gasteiger partial charge in [0, 0.05) is 26.3 Å². The van der Waals surface area contributed by atoms with Crippen molar-refractivity contribution in [1.29, 1.82) is 0 Å². The number of carbonyl (C=O) groups is 3. The Morgan fingerprint density at radius 3 is 2.31 bits per heavy atom. The number of carboxylic acids is 1. The molecule has 0 radical (unpaired) electrons. The molecule has 202 valence electrons. The highest BCUT2D eigenvalue weighted by Crippen LogP contribution is 2.34. The van der Waals surface area contributed by atoms with E-state index in [1.807, 2.05) is 20.8 Å². The number of hydrogen-bond acceptors (Lipinski definition) is 7. The van der Waals surface area contributed by atoms with Crippen molar-refractivity contribution >= 4 is 17.9 Å². The van der Waals surface area contributed by atoms with Crippen molar-refractivity contribution in [3.8, 4) is 11.5 Å². The van der Waals surface area contributed by atoms with Crippen molar-refractivity contribution in [2.75, 3.05) is 46.3 Å². The first kappa shape index (κ1) is 29.2. The molecule has 0 spiro atoms. The van der Waals surface area contributed by atoms with Crippen molar-refractivity contribution in [2.45, 2.75) is 58.5 Å². The number of amides is 3. The smallest absolute Gasteiger partial charge is 0.315 e. The lowest BCUT2D eigenvalue weighted by Crippen LogP contribution is -2.53. The second-order valence-electron chi connectivity index (χ2n) is 8.29. The van der Waals surface area contributed by atoms with Gasteiger partial charge in [-0.05, 0) is 38.0 Å². The van der Waals surface area contributed by atoms with Crippen molar-refractivity contribution in [3.05, 3.63) is 23.8 Å². The lowest BCUT2D eigenvalue weighted by atomic mass is 10.0. The Hall–Kier alpha value is -3.05. The van der Waals surface area contributed by atoms with Crippen LogP contribution in [0.15, 0.2) is 18.2 Å². The van der Waals surface area contributed by atoms with E-state index in [0.717, 1.165) is 12.8 Å². The van der Waals surface area contributed by atoms with E-state index in [0.29, 0.717) is 63.0 Å². The van der Waals surface area contributed by atoms with Crippen LogP contribution in [0.2, 0.25) is 0 Å². The maximum absolute atomic E-state index is 13.4. The van der Waals surface area contributed by atoms with Gasteiger partial charge in [-0.3, -0.25) is 9.59 Å². The standard InChI is InChI=1S/C25H39N3O8/c1-4-7-8-19(24(31)28(11-13-33-5-2)12-14-34-6-3)26-25(32)27-20(16-23(29)30)18-9-10-21-22(15-18)36-17-35-21/h9-10,15,19-20H,4-8,11-14,16-17H2,1-3H3,(H,29,30)(H2,26,27,32)/t19-,20-/m0/s1. The summed E-state index contributed by atoms with van der Waals surface area (Å²) in [6.07, 6.45) is 1.71. The van der Waals surface area contributed by atoms with Gasteiger partial charge in [0.2, 0.25) is 12.7 Å². The molecule has 0 aromatic heterocycles. The summed E-state index contributed by atoms with van der Waals surface area (Å²) in [4.78, 5) is 39.5. The largest absolute Gasteiger partial charge is 0.481 e. The summed E-state index contributed by atoms with van der Waals surface area (Å²) in [5.41, 5.74) is 0.559. The monoisotopic (exact) mass is 509 g/mol. The molecule has 0 bridgehead atoms. The number of nitrogens with zero attached hydrogens (tertiary/aromatic N) is 1. The molecule has 0 aliphatic carbocycles. The number of benzene rings is 1. The fourth-order valence-corrected chi connectivity index (χ4v) is 3.77. The molecule has 11 nitrogen and oxygen atoms in total. The number of nitrogens with one attached hydrogen (secondary N) is 2. The molecule has 3 N–H and O–H groups in total. The zero-order valence-electron chi connectivity index (χ0n) is 21.4. The van der Waals surface area contributed by atoms with Gasteiger partial charge in [-0.2, -0.15) is 0 Å². The first-order chi connectivity index (χ1) is 17.4. The summed E-state index contributed by atoms with van der Waals surface area (Å²) in [6, 6.07) is 2.79. The van der Waals surface area contributed by atoms with Crippen LogP contribution in [-0.4, -0.2) is 80.3 Å². The summed E-state index contributed by atoms with van der Waals surface area (Å²) >= 11 is 0. The first-order valence-corrected chi connectivity index (χ1v) is 12.5. The van der Waals surface area contributed by atoms with E-state index < -0.39 is 24.1 Å². The number of unbranched alkanes of at least 4 members (excludes halogenated alkanes) is 1. The van der Waals surface area contributed by atoms with Crippen molar-refractivity contribution in [3.63, 3.8) is 0 Å². The predicted molar refractivity (Wildman–Crippen MR) is 132 cm³/mol. The Morgan fingerprint density at radius 2 is 1.69 bits per heavy atom.